The van der Waals surface area contributed by atoms with Crippen LogP contribution in [0.1, 0.15) is 51.4 Å². The average molecular weight is 251 g/mol. The zero-order valence-corrected chi connectivity index (χ0v) is 11.7. The van der Waals surface area contributed by atoms with Gasteiger partial charge in [0.2, 0.25) is 0 Å². The summed E-state index contributed by atoms with van der Waals surface area (Å²) in [7, 11) is 0. The number of hydrogen-bond donors (Lipinski definition) is 1. The van der Waals surface area contributed by atoms with Crippen molar-refractivity contribution < 1.29 is 0 Å². The van der Waals surface area contributed by atoms with Gasteiger partial charge in [0.15, 0.2) is 0 Å². The molecule has 2 N–H and O–H groups in total. The van der Waals surface area contributed by atoms with Gasteiger partial charge >= 0.3 is 0 Å². The molecular formula is C15H29N3. The van der Waals surface area contributed by atoms with E-state index in [2.05, 4.69) is 9.80 Å². The van der Waals surface area contributed by atoms with Gasteiger partial charge in [-0.1, -0.05) is 19.3 Å². The Morgan fingerprint density at radius 2 is 1.72 bits per heavy atom. The smallest absolute Gasteiger partial charge is 0.0283 e. The molecule has 1 aliphatic carbocycles. The average Bonchev–Trinajstić information content (AvgIpc) is 2.69. The Balaban J connectivity index is 1.58. The monoisotopic (exact) mass is 251 g/mol. The fourth-order valence-electron chi connectivity index (χ4n) is 4.29. The van der Waals surface area contributed by atoms with Crippen LogP contribution in [0.2, 0.25) is 0 Å². The topological polar surface area (TPSA) is 32.5 Å². The maximum Gasteiger partial charge on any atom is 0.0283 e. The minimum absolute atomic E-state index is 0.131. The molecule has 0 spiro atoms. The van der Waals surface area contributed by atoms with Crippen LogP contribution in [0, 0.1) is 0 Å². The number of nitrogens with zero attached hydrogens (tertiary/aromatic N) is 2. The Morgan fingerprint density at radius 3 is 2.56 bits per heavy atom. The Kier molecular flexibility index (Phi) is 3.92. The van der Waals surface area contributed by atoms with Crippen LogP contribution in [0.4, 0.5) is 0 Å². The third-order valence-corrected chi connectivity index (χ3v) is 5.28. The number of rotatable bonds is 2. The third-order valence-electron chi connectivity index (χ3n) is 5.28. The van der Waals surface area contributed by atoms with Gasteiger partial charge in [0, 0.05) is 24.7 Å². The summed E-state index contributed by atoms with van der Waals surface area (Å²) in [5.74, 6) is 0. The number of nitrogens with two attached hydrogens (primary N) is 1. The van der Waals surface area contributed by atoms with E-state index in [1.54, 1.807) is 0 Å². The third kappa shape index (κ3) is 2.89. The molecule has 104 valence electrons. The van der Waals surface area contributed by atoms with E-state index in [1.165, 1.54) is 77.5 Å². The van der Waals surface area contributed by atoms with Crippen LogP contribution in [0.5, 0.6) is 0 Å². The van der Waals surface area contributed by atoms with E-state index in [1.807, 2.05) is 0 Å². The molecule has 1 unspecified atom stereocenters. The summed E-state index contributed by atoms with van der Waals surface area (Å²) in [6.45, 7) is 6.35. The van der Waals surface area contributed by atoms with Crippen LogP contribution in [0.3, 0.4) is 0 Å². The van der Waals surface area contributed by atoms with Crippen molar-refractivity contribution in [3.05, 3.63) is 0 Å². The van der Waals surface area contributed by atoms with Gasteiger partial charge in [0.05, 0.1) is 0 Å². The molecule has 1 atom stereocenters. The summed E-state index contributed by atoms with van der Waals surface area (Å²) in [5, 5.41) is 0. The predicted molar refractivity (Wildman–Crippen MR) is 75.7 cm³/mol. The zero-order valence-electron chi connectivity index (χ0n) is 11.7. The highest BCUT2D eigenvalue weighted by Crippen LogP contribution is 2.28. The maximum absolute atomic E-state index is 6.62. The minimum Gasteiger partial charge on any atom is -0.324 e. The van der Waals surface area contributed by atoms with Gasteiger partial charge in [-0.3, -0.25) is 9.80 Å². The van der Waals surface area contributed by atoms with Gasteiger partial charge in [-0.2, -0.15) is 0 Å². The lowest BCUT2D eigenvalue weighted by Crippen LogP contribution is -2.52. The molecule has 3 rings (SSSR count). The molecular weight excluding hydrogens is 222 g/mol. The van der Waals surface area contributed by atoms with E-state index >= 15 is 0 Å². The summed E-state index contributed by atoms with van der Waals surface area (Å²) < 4.78 is 0. The molecule has 18 heavy (non-hydrogen) atoms. The van der Waals surface area contributed by atoms with Crippen LogP contribution in [-0.2, 0) is 0 Å². The number of fused-ring (bicyclic) bond motifs is 1. The van der Waals surface area contributed by atoms with Crippen LogP contribution in [-0.4, -0.2) is 54.1 Å². The molecule has 0 aromatic heterocycles. The second-order valence-electron chi connectivity index (χ2n) is 6.84. The molecule has 2 heterocycles. The molecule has 0 aromatic carbocycles. The van der Waals surface area contributed by atoms with Crippen molar-refractivity contribution in [3.63, 3.8) is 0 Å². The van der Waals surface area contributed by atoms with E-state index in [4.69, 9.17) is 5.73 Å². The summed E-state index contributed by atoms with van der Waals surface area (Å²) in [6, 6.07) is 0.833. The lowest BCUT2D eigenvalue weighted by molar-refractivity contribution is 0.159. The van der Waals surface area contributed by atoms with Crippen LogP contribution in [0.15, 0.2) is 0 Å². The molecule has 0 amide bonds. The van der Waals surface area contributed by atoms with Gasteiger partial charge in [-0.15, -0.1) is 0 Å². The van der Waals surface area contributed by atoms with E-state index in [9.17, 15) is 0 Å². The fraction of sp³-hybridized carbons (Fsp3) is 1.00. The van der Waals surface area contributed by atoms with E-state index in [0.29, 0.717) is 0 Å². The molecule has 2 aliphatic heterocycles. The highest BCUT2D eigenvalue weighted by molar-refractivity contribution is 4.93. The molecule has 2 saturated heterocycles. The highest BCUT2D eigenvalue weighted by atomic mass is 15.3. The molecule has 3 heteroatoms. The van der Waals surface area contributed by atoms with Crippen LogP contribution >= 0.6 is 0 Å². The Hall–Kier alpha value is -0.120. The SMILES string of the molecule is NC1(CN2CCCN3CCCC3C2)CCCCC1. The van der Waals surface area contributed by atoms with Gasteiger partial charge in [0.25, 0.3) is 0 Å². The predicted octanol–water partition coefficient (Wildman–Crippen LogP) is 1.82. The van der Waals surface area contributed by atoms with Gasteiger partial charge < -0.3 is 5.73 Å². The van der Waals surface area contributed by atoms with Gasteiger partial charge in [-0.05, 0) is 51.7 Å². The molecule has 0 bridgehead atoms. The summed E-state index contributed by atoms with van der Waals surface area (Å²) >= 11 is 0. The second-order valence-corrected chi connectivity index (χ2v) is 6.84. The Morgan fingerprint density at radius 1 is 0.944 bits per heavy atom. The van der Waals surface area contributed by atoms with Crippen LogP contribution in [0.25, 0.3) is 0 Å². The highest BCUT2D eigenvalue weighted by Gasteiger charge is 2.33. The van der Waals surface area contributed by atoms with E-state index in [0.717, 1.165) is 12.6 Å². The minimum atomic E-state index is 0.131. The standard InChI is InChI=1S/C15H29N3/c16-15(7-2-1-3-8-15)13-17-9-5-11-18-10-4-6-14(18)12-17/h14H,1-13,16H2. The van der Waals surface area contributed by atoms with Crippen molar-refractivity contribution in [1.82, 2.24) is 9.80 Å². The zero-order chi connectivity index (χ0) is 12.4. The molecule has 0 radical (unpaired) electrons. The first-order chi connectivity index (χ1) is 8.75. The van der Waals surface area contributed by atoms with Gasteiger partial charge in [-0.25, -0.2) is 0 Å². The molecule has 3 nitrogen and oxygen atoms in total. The molecule has 1 saturated carbocycles. The summed E-state index contributed by atoms with van der Waals surface area (Å²) in [6.07, 6.45) is 10.7. The Bertz CT molecular complexity index is 273. The number of hydrogen-bond acceptors (Lipinski definition) is 3. The maximum atomic E-state index is 6.62. The van der Waals surface area contributed by atoms with Crippen molar-refractivity contribution in [2.24, 2.45) is 5.73 Å². The Labute approximate surface area is 112 Å². The van der Waals surface area contributed by atoms with Crippen molar-refractivity contribution >= 4 is 0 Å². The van der Waals surface area contributed by atoms with Crippen molar-refractivity contribution in [3.8, 4) is 0 Å². The van der Waals surface area contributed by atoms with E-state index < -0.39 is 0 Å². The van der Waals surface area contributed by atoms with E-state index in [-0.39, 0.29) is 5.54 Å². The first-order valence-corrected chi connectivity index (χ1v) is 8.01. The quantitative estimate of drug-likeness (QED) is 0.812. The van der Waals surface area contributed by atoms with Gasteiger partial charge in [0.1, 0.15) is 0 Å². The largest absolute Gasteiger partial charge is 0.324 e. The normalized spacial score (nSPS) is 34.2. The summed E-state index contributed by atoms with van der Waals surface area (Å²) in [4.78, 5) is 5.39. The van der Waals surface area contributed by atoms with Crippen molar-refractivity contribution in [2.45, 2.75) is 62.9 Å². The molecule has 3 fully saturated rings. The van der Waals surface area contributed by atoms with Crippen LogP contribution < -0.4 is 5.73 Å². The summed E-state index contributed by atoms with van der Waals surface area (Å²) in [5.41, 5.74) is 6.75. The first kappa shape index (κ1) is 12.9. The fourth-order valence-corrected chi connectivity index (χ4v) is 4.29. The molecule has 0 aromatic rings. The van der Waals surface area contributed by atoms with Crippen molar-refractivity contribution in [1.29, 1.82) is 0 Å². The second kappa shape index (κ2) is 5.48. The lowest BCUT2D eigenvalue weighted by atomic mass is 9.82. The molecule has 3 aliphatic rings. The van der Waals surface area contributed by atoms with Crippen molar-refractivity contribution in [2.75, 3.05) is 32.7 Å². The lowest BCUT2D eigenvalue weighted by Gasteiger charge is -2.38. The first-order valence-electron chi connectivity index (χ1n) is 8.01.